The largest absolute Gasteiger partial charge is 0.405 e. The van der Waals surface area contributed by atoms with E-state index in [9.17, 15) is 4.79 Å². The Kier molecular flexibility index (Phi) is 9.24. The molecule has 0 rings (SSSR count). The molecule has 0 aliphatic heterocycles. The molecule has 0 aromatic heterocycles. The maximum Gasteiger partial charge on any atom is 0.178 e. The second-order valence-corrected chi connectivity index (χ2v) is 2.66. The second kappa shape index (κ2) is 10.8. The van der Waals surface area contributed by atoms with Gasteiger partial charge >= 0.3 is 0 Å². The zero-order valence-electron chi connectivity index (χ0n) is 8.99. The Morgan fingerprint density at radius 3 is 1.38 bits per heavy atom. The molecule has 0 aromatic rings. The summed E-state index contributed by atoms with van der Waals surface area (Å²) in [5, 5.41) is 0. The Morgan fingerprint density at radius 2 is 1.00 bits per heavy atom. The maximum absolute atomic E-state index is 11.2. The summed E-state index contributed by atoms with van der Waals surface area (Å²) in [6.07, 6.45) is 19.3. The molecular formula is C13H16N2O. The van der Waals surface area contributed by atoms with E-state index in [2.05, 4.69) is 0 Å². The van der Waals surface area contributed by atoms with Gasteiger partial charge in [0.1, 0.15) is 0 Å². The van der Waals surface area contributed by atoms with E-state index in [1.54, 1.807) is 48.6 Å². The van der Waals surface area contributed by atoms with Crippen LogP contribution < -0.4 is 11.5 Å². The van der Waals surface area contributed by atoms with Crippen LogP contribution in [0.2, 0.25) is 0 Å². The van der Waals surface area contributed by atoms with E-state index >= 15 is 0 Å². The monoisotopic (exact) mass is 216 g/mol. The normalized spacial score (nSPS) is 13.5. The fourth-order valence-corrected chi connectivity index (χ4v) is 0.741. The molecule has 0 aliphatic rings. The van der Waals surface area contributed by atoms with Gasteiger partial charge in [-0.25, -0.2) is 0 Å². The molecule has 3 nitrogen and oxygen atoms in total. The van der Waals surface area contributed by atoms with Gasteiger partial charge in [-0.3, -0.25) is 4.79 Å². The Bertz CT molecular complexity index is 324. The second-order valence-electron chi connectivity index (χ2n) is 2.66. The highest BCUT2D eigenvalue weighted by molar-refractivity contribution is 5.99. The highest BCUT2D eigenvalue weighted by Gasteiger charge is 1.83. The summed E-state index contributed by atoms with van der Waals surface area (Å²) in [6.45, 7) is 0. The van der Waals surface area contributed by atoms with Crippen LogP contribution in [0.4, 0.5) is 0 Å². The molecule has 0 aromatic carbocycles. The van der Waals surface area contributed by atoms with Crippen LogP contribution >= 0.6 is 0 Å². The first-order valence-electron chi connectivity index (χ1n) is 4.78. The molecule has 0 saturated heterocycles. The Balaban J connectivity index is 3.98. The van der Waals surface area contributed by atoms with Gasteiger partial charge in [0.25, 0.3) is 0 Å². The molecule has 0 unspecified atom stereocenters. The van der Waals surface area contributed by atoms with Gasteiger partial charge < -0.3 is 11.5 Å². The standard InChI is InChI=1S/C13H16N2O/c14-11-7-3-1-5-9-13(16)10-6-2-4-8-12-15/h1-12H,14-15H2/b3-1+,4-2+,9-5+,10-6+,11-7+,12-8+. The summed E-state index contributed by atoms with van der Waals surface area (Å²) >= 11 is 0. The number of rotatable bonds is 6. The lowest BCUT2D eigenvalue weighted by Crippen LogP contribution is -1.82. The van der Waals surface area contributed by atoms with Crippen LogP contribution in [0.3, 0.4) is 0 Å². The SMILES string of the molecule is N/C=C/C=C/C=C/C(=O)/C=C/C=C/C=C/N. The van der Waals surface area contributed by atoms with Crippen LogP contribution in [-0.4, -0.2) is 5.78 Å². The number of hydrogen-bond donors (Lipinski definition) is 2. The lowest BCUT2D eigenvalue weighted by molar-refractivity contribution is -0.110. The van der Waals surface area contributed by atoms with Gasteiger partial charge in [0.2, 0.25) is 0 Å². The van der Waals surface area contributed by atoms with Gasteiger partial charge in [0.05, 0.1) is 0 Å². The summed E-state index contributed by atoms with van der Waals surface area (Å²) in [6, 6.07) is 0. The van der Waals surface area contributed by atoms with Crippen LogP contribution in [0.1, 0.15) is 0 Å². The van der Waals surface area contributed by atoms with Crippen LogP contribution in [0.5, 0.6) is 0 Å². The molecule has 0 radical (unpaired) electrons. The van der Waals surface area contributed by atoms with E-state index in [4.69, 9.17) is 11.5 Å². The van der Waals surface area contributed by atoms with Crippen molar-refractivity contribution in [3.63, 3.8) is 0 Å². The molecule has 0 bridgehead atoms. The first-order valence-corrected chi connectivity index (χ1v) is 4.78. The van der Waals surface area contributed by atoms with Gasteiger partial charge in [-0.2, -0.15) is 0 Å². The van der Waals surface area contributed by atoms with Crippen molar-refractivity contribution in [1.82, 2.24) is 0 Å². The molecular weight excluding hydrogens is 200 g/mol. The van der Waals surface area contributed by atoms with Gasteiger partial charge in [-0.15, -0.1) is 0 Å². The van der Waals surface area contributed by atoms with E-state index < -0.39 is 0 Å². The summed E-state index contributed by atoms with van der Waals surface area (Å²) < 4.78 is 0. The molecule has 0 atom stereocenters. The van der Waals surface area contributed by atoms with Gasteiger partial charge in [0.15, 0.2) is 5.78 Å². The smallest absolute Gasteiger partial charge is 0.178 e. The van der Waals surface area contributed by atoms with Crippen molar-refractivity contribution in [2.24, 2.45) is 11.5 Å². The lowest BCUT2D eigenvalue weighted by Gasteiger charge is -1.79. The van der Waals surface area contributed by atoms with Crippen molar-refractivity contribution in [3.05, 3.63) is 73.2 Å². The van der Waals surface area contributed by atoms with Crippen molar-refractivity contribution in [3.8, 4) is 0 Å². The molecule has 0 fully saturated rings. The van der Waals surface area contributed by atoms with E-state index in [0.29, 0.717) is 0 Å². The van der Waals surface area contributed by atoms with Crippen LogP contribution in [0.25, 0.3) is 0 Å². The van der Waals surface area contributed by atoms with E-state index in [1.165, 1.54) is 24.6 Å². The third-order valence-corrected chi connectivity index (χ3v) is 1.41. The first-order chi connectivity index (χ1) is 7.81. The molecule has 0 amide bonds. The zero-order valence-corrected chi connectivity index (χ0v) is 8.99. The number of carbonyl (C=O) groups is 1. The number of nitrogens with two attached hydrogens (primary N) is 2. The fraction of sp³-hybridized carbons (Fsp3) is 0. The number of allylic oxidation sites excluding steroid dienone is 10. The molecule has 0 saturated carbocycles. The van der Waals surface area contributed by atoms with Crippen LogP contribution in [0, 0.1) is 0 Å². The summed E-state index contributed by atoms with van der Waals surface area (Å²) in [7, 11) is 0. The Hall–Kier alpha value is -2.29. The summed E-state index contributed by atoms with van der Waals surface area (Å²) in [5.41, 5.74) is 10.2. The minimum atomic E-state index is -0.0808. The first kappa shape index (κ1) is 13.7. The number of hydrogen-bond acceptors (Lipinski definition) is 3. The van der Waals surface area contributed by atoms with Gasteiger partial charge in [-0.1, -0.05) is 36.5 Å². The summed E-state index contributed by atoms with van der Waals surface area (Å²) in [5.74, 6) is -0.0808. The minimum Gasteiger partial charge on any atom is -0.405 e. The minimum absolute atomic E-state index is 0.0808. The van der Waals surface area contributed by atoms with E-state index in [0.717, 1.165) is 0 Å². The molecule has 0 aliphatic carbocycles. The Labute approximate surface area is 95.8 Å². The molecule has 3 heteroatoms. The van der Waals surface area contributed by atoms with Crippen molar-refractivity contribution in [2.75, 3.05) is 0 Å². The number of ketones is 1. The van der Waals surface area contributed by atoms with Crippen molar-refractivity contribution in [2.45, 2.75) is 0 Å². The maximum atomic E-state index is 11.2. The van der Waals surface area contributed by atoms with Gasteiger partial charge in [0, 0.05) is 0 Å². The third kappa shape index (κ3) is 9.80. The molecule has 4 N–H and O–H groups in total. The van der Waals surface area contributed by atoms with Crippen molar-refractivity contribution >= 4 is 5.78 Å². The quantitative estimate of drug-likeness (QED) is 0.524. The molecule has 0 spiro atoms. The third-order valence-electron chi connectivity index (χ3n) is 1.41. The predicted molar refractivity (Wildman–Crippen MR) is 68.2 cm³/mol. The average Bonchev–Trinajstić information content (AvgIpc) is 2.28. The average molecular weight is 216 g/mol. The highest BCUT2D eigenvalue weighted by atomic mass is 16.1. The molecule has 0 heterocycles. The van der Waals surface area contributed by atoms with Crippen molar-refractivity contribution < 1.29 is 4.79 Å². The summed E-state index contributed by atoms with van der Waals surface area (Å²) in [4.78, 5) is 11.2. The highest BCUT2D eigenvalue weighted by Crippen LogP contribution is 1.85. The lowest BCUT2D eigenvalue weighted by atomic mass is 10.3. The van der Waals surface area contributed by atoms with Crippen LogP contribution in [0.15, 0.2) is 73.2 Å². The fourth-order valence-electron chi connectivity index (χ4n) is 0.741. The topological polar surface area (TPSA) is 69.1 Å². The van der Waals surface area contributed by atoms with Crippen molar-refractivity contribution in [1.29, 1.82) is 0 Å². The predicted octanol–water partition coefficient (Wildman–Crippen LogP) is 1.73. The number of carbonyl (C=O) groups excluding carboxylic acids is 1. The molecule has 84 valence electrons. The van der Waals surface area contributed by atoms with E-state index in [1.807, 2.05) is 0 Å². The van der Waals surface area contributed by atoms with E-state index in [-0.39, 0.29) is 5.78 Å². The Morgan fingerprint density at radius 1 is 0.625 bits per heavy atom. The van der Waals surface area contributed by atoms with Crippen LogP contribution in [-0.2, 0) is 4.79 Å². The van der Waals surface area contributed by atoms with Gasteiger partial charge in [-0.05, 0) is 36.7 Å². The zero-order chi connectivity index (χ0) is 12.1. The molecule has 16 heavy (non-hydrogen) atoms.